The molecule has 0 spiro atoms. The van der Waals surface area contributed by atoms with Gasteiger partial charge in [-0.2, -0.15) is 0 Å². The van der Waals surface area contributed by atoms with E-state index in [1.807, 2.05) is 0 Å². The van der Waals surface area contributed by atoms with Gasteiger partial charge in [0.1, 0.15) is 0 Å². The average molecular weight is 131 g/mol. The van der Waals surface area contributed by atoms with Crippen molar-refractivity contribution in [3.63, 3.8) is 0 Å². The van der Waals surface area contributed by atoms with Crippen LogP contribution in [0, 0.1) is 0 Å². The summed E-state index contributed by atoms with van der Waals surface area (Å²) in [6.45, 7) is 0. The minimum Gasteiger partial charge on any atom is -0.352 e. The minimum atomic E-state index is -2.22. The first-order chi connectivity index (χ1) is 2.56. The Morgan fingerprint density at radius 1 is 1.50 bits per heavy atom. The normalized spacial score (nSPS) is 12.0. The maximum Gasteiger partial charge on any atom is 0.257 e. The van der Waals surface area contributed by atoms with E-state index in [0.717, 1.165) is 0 Å². The first kappa shape index (κ1) is 6.50. The lowest BCUT2D eigenvalue weighted by Gasteiger charge is -2.04. The van der Waals surface area contributed by atoms with Gasteiger partial charge in [0.25, 0.3) is 5.25 Å². The van der Waals surface area contributed by atoms with Crippen molar-refractivity contribution in [3.05, 3.63) is 0 Å². The molecule has 0 fully saturated rings. The van der Waals surface area contributed by atoms with Gasteiger partial charge in [0.2, 0.25) is 0 Å². The van der Waals surface area contributed by atoms with Crippen molar-refractivity contribution in [2.24, 2.45) is 0 Å². The summed E-state index contributed by atoms with van der Waals surface area (Å²) >= 11 is 9.54. The Morgan fingerprint density at radius 2 is 1.67 bits per heavy atom. The number of rotatable bonds is 1. The number of halogens is 2. The van der Waals surface area contributed by atoms with Gasteiger partial charge in [0.15, 0.2) is 0 Å². The monoisotopic (exact) mass is 130 g/mol. The van der Waals surface area contributed by atoms with Gasteiger partial charge >= 0.3 is 0 Å². The summed E-state index contributed by atoms with van der Waals surface area (Å²) in [6.07, 6.45) is 0. The van der Waals surface area contributed by atoms with Gasteiger partial charge in [-0.15, -0.1) is 11.6 Å². The van der Waals surface area contributed by atoms with E-state index < -0.39 is 5.25 Å². The first-order valence-electron chi connectivity index (χ1n) is 1.26. The van der Waals surface area contributed by atoms with E-state index in [9.17, 15) is 0 Å². The van der Waals surface area contributed by atoms with E-state index in [1.54, 1.807) is 0 Å². The van der Waals surface area contributed by atoms with Gasteiger partial charge in [-0.1, -0.05) is 11.6 Å². The topological polar surface area (TPSA) is 40.5 Å². The van der Waals surface area contributed by atoms with Crippen LogP contribution >= 0.6 is 23.2 Å². The molecule has 38 valence electrons. The molecule has 4 heteroatoms. The van der Waals surface area contributed by atoms with Crippen LogP contribution in [0.2, 0.25) is 0 Å². The van der Waals surface area contributed by atoms with Crippen LogP contribution in [-0.2, 0) is 0 Å². The number of hydrogen-bond acceptors (Lipinski definition) is 2. The Kier molecular flexibility index (Phi) is 2.15. The molecule has 0 aliphatic rings. The molecule has 0 aromatic rings. The first-order valence-corrected chi connectivity index (χ1v) is 2.17. The molecule has 0 radical (unpaired) electrons. The number of hydrogen-bond donors (Lipinski definition) is 2. The minimum absolute atomic E-state index is 0.380. The molecule has 0 aromatic heterocycles. The quantitative estimate of drug-likeness (QED) is 0.391. The van der Waals surface area contributed by atoms with Crippen molar-refractivity contribution in [2.45, 2.75) is 5.25 Å². The van der Waals surface area contributed by atoms with E-state index >= 15 is 0 Å². The van der Waals surface area contributed by atoms with Crippen molar-refractivity contribution in [1.82, 2.24) is 0 Å². The van der Waals surface area contributed by atoms with Crippen LogP contribution < -0.4 is 0 Å². The zero-order valence-electron chi connectivity index (χ0n) is 2.86. The van der Waals surface area contributed by atoms with E-state index in [4.69, 9.17) is 33.4 Å². The van der Waals surface area contributed by atoms with Crippen LogP contribution in [0.25, 0.3) is 0 Å². The maximum absolute atomic E-state index is 8.02. The second-order valence-electron chi connectivity index (χ2n) is 0.853. The largest absolute Gasteiger partial charge is 0.352 e. The third kappa shape index (κ3) is 4.50. The molecule has 2 N–H and O–H groups in total. The number of aliphatic hydroxyl groups is 2. The third-order valence-corrected chi connectivity index (χ3v) is 0.813. The Morgan fingerprint density at radius 3 is 1.67 bits per heavy atom. The van der Waals surface area contributed by atoms with Crippen LogP contribution in [0.4, 0.5) is 0 Å². The second kappa shape index (κ2) is 1.98. The zero-order valence-corrected chi connectivity index (χ0v) is 4.37. The lowest BCUT2D eigenvalue weighted by atomic mass is 10.8. The van der Waals surface area contributed by atoms with Crippen molar-refractivity contribution in [2.75, 3.05) is 5.88 Å². The van der Waals surface area contributed by atoms with Gasteiger partial charge < -0.3 is 10.2 Å². The summed E-state index contributed by atoms with van der Waals surface area (Å²) in [6, 6.07) is 0. The summed E-state index contributed by atoms with van der Waals surface area (Å²) < 4.78 is 0. The summed E-state index contributed by atoms with van der Waals surface area (Å²) in [5, 5.41) is 13.8. The Hall–Kier alpha value is 0.500. The van der Waals surface area contributed by atoms with Gasteiger partial charge in [-0.05, 0) is 0 Å². The van der Waals surface area contributed by atoms with Crippen molar-refractivity contribution >= 4 is 23.2 Å². The predicted octanol–water partition coefficient (Wildman–Crippen LogP) is 0.102. The van der Waals surface area contributed by atoms with E-state index in [2.05, 4.69) is 0 Å². The number of alkyl halides is 2. The lowest BCUT2D eigenvalue weighted by Crippen LogP contribution is -2.20. The molecule has 0 saturated heterocycles. The van der Waals surface area contributed by atoms with Gasteiger partial charge in [-0.25, -0.2) is 0 Å². The molecule has 0 aliphatic heterocycles. The fourth-order valence-corrected chi connectivity index (χ4v) is 0. The Labute approximate surface area is 45.3 Å². The summed E-state index contributed by atoms with van der Waals surface area (Å²) in [4.78, 5) is 0. The maximum atomic E-state index is 8.02. The smallest absolute Gasteiger partial charge is 0.257 e. The third-order valence-electron chi connectivity index (χ3n) is 0.170. The van der Waals surface area contributed by atoms with Gasteiger partial charge in [-0.3, -0.25) is 0 Å². The van der Waals surface area contributed by atoms with Crippen molar-refractivity contribution < 1.29 is 10.2 Å². The molecule has 0 amide bonds. The second-order valence-corrected chi connectivity index (χ2v) is 1.73. The molecular formula is C2H4Cl2O2. The van der Waals surface area contributed by atoms with E-state index in [0.29, 0.717) is 0 Å². The van der Waals surface area contributed by atoms with Crippen LogP contribution in [0.1, 0.15) is 0 Å². The molecule has 0 heterocycles. The van der Waals surface area contributed by atoms with Crippen molar-refractivity contribution in [3.8, 4) is 0 Å². The summed E-state index contributed by atoms with van der Waals surface area (Å²) in [5.41, 5.74) is 0. The standard InChI is InChI=1S/C2H4Cl2O2/c3-1-2(4,5)6/h5-6H,1H2. The molecular weight excluding hydrogens is 127 g/mol. The molecule has 0 atom stereocenters. The predicted molar refractivity (Wildman–Crippen MR) is 23.7 cm³/mol. The summed E-state index contributed by atoms with van der Waals surface area (Å²) in [7, 11) is 0. The fourth-order valence-electron chi connectivity index (χ4n) is 0. The lowest BCUT2D eigenvalue weighted by molar-refractivity contribution is -0.0639. The van der Waals surface area contributed by atoms with E-state index in [-0.39, 0.29) is 5.88 Å². The Bertz CT molecular complexity index is 39.3. The SMILES string of the molecule is OC(O)(Cl)CCl. The van der Waals surface area contributed by atoms with Gasteiger partial charge in [0, 0.05) is 0 Å². The fraction of sp³-hybridized carbons (Fsp3) is 1.00. The Balaban J connectivity index is 3.17. The molecule has 0 aliphatic carbocycles. The molecule has 0 rings (SSSR count). The molecule has 2 nitrogen and oxygen atoms in total. The van der Waals surface area contributed by atoms with Crippen LogP contribution in [0.15, 0.2) is 0 Å². The zero-order chi connectivity index (χ0) is 5.21. The highest BCUT2D eigenvalue weighted by molar-refractivity contribution is 6.28. The molecule has 6 heavy (non-hydrogen) atoms. The highest BCUT2D eigenvalue weighted by atomic mass is 35.5. The highest BCUT2D eigenvalue weighted by Gasteiger charge is 2.14. The van der Waals surface area contributed by atoms with Crippen LogP contribution in [0.3, 0.4) is 0 Å². The molecule has 0 unspecified atom stereocenters. The highest BCUT2D eigenvalue weighted by Crippen LogP contribution is 2.05. The van der Waals surface area contributed by atoms with E-state index in [1.165, 1.54) is 0 Å². The van der Waals surface area contributed by atoms with Crippen LogP contribution in [0.5, 0.6) is 0 Å². The summed E-state index contributed by atoms with van der Waals surface area (Å²) in [5.74, 6) is -0.380. The molecule has 0 aromatic carbocycles. The average Bonchev–Trinajstić information content (AvgIpc) is 1.35. The molecule has 0 bridgehead atoms. The van der Waals surface area contributed by atoms with Crippen LogP contribution in [-0.4, -0.2) is 21.3 Å². The van der Waals surface area contributed by atoms with Gasteiger partial charge in [0.05, 0.1) is 5.88 Å². The molecule has 0 saturated carbocycles. The van der Waals surface area contributed by atoms with Crippen molar-refractivity contribution in [1.29, 1.82) is 0 Å².